The van der Waals surface area contributed by atoms with Crippen molar-refractivity contribution in [2.45, 2.75) is 25.3 Å². The zero-order chi connectivity index (χ0) is 20.4. The van der Waals surface area contributed by atoms with Gasteiger partial charge in [-0.2, -0.15) is 0 Å². The molecule has 1 saturated carbocycles. The predicted octanol–water partition coefficient (Wildman–Crippen LogP) is 2.44. The summed E-state index contributed by atoms with van der Waals surface area (Å²) in [5.41, 5.74) is 3.29. The van der Waals surface area contributed by atoms with Gasteiger partial charge in [0.05, 0.1) is 11.9 Å². The lowest BCUT2D eigenvalue weighted by atomic mass is 10.1. The number of carbonyl (C=O) groups is 1. The van der Waals surface area contributed by atoms with E-state index in [1.165, 1.54) is 0 Å². The lowest BCUT2D eigenvalue weighted by Gasteiger charge is -2.08. The van der Waals surface area contributed by atoms with E-state index in [0.29, 0.717) is 29.7 Å². The van der Waals surface area contributed by atoms with Gasteiger partial charge in [0, 0.05) is 48.1 Å². The number of amides is 1. The smallest absolute Gasteiger partial charge is 0.251 e. The van der Waals surface area contributed by atoms with Crippen molar-refractivity contribution in [2.24, 2.45) is 0 Å². The van der Waals surface area contributed by atoms with Crippen LogP contribution in [0.1, 0.15) is 29.6 Å². The molecule has 2 N–H and O–H groups in total. The highest BCUT2D eigenvalue weighted by Crippen LogP contribution is 2.24. The lowest BCUT2D eigenvalue weighted by molar-refractivity contribution is 0.0951. The third kappa shape index (κ3) is 4.76. The number of nitrogens with one attached hydrogen (secondary N) is 2. The second-order valence-corrected chi connectivity index (χ2v) is 10.4. The maximum Gasteiger partial charge on any atom is 0.251 e. The number of imidazole rings is 1. The maximum absolute atomic E-state index is 12.2. The number of rotatable bonds is 8. The van der Waals surface area contributed by atoms with Gasteiger partial charge in [-0.05, 0) is 46.8 Å². The monoisotopic (exact) mass is 411 g/mol. The van der Waals surface area contributed by atoms with E-state index in [2.05, 4.69) is 26.5 Å². The molecule has 0 saturated heterocycles. The molecule has 29 heavy (non-hydrogen) atoms. The van der Waals surface area contributed by atoms with Crippen molar-refractivity contribution in [1.82, 2.24) is 19.7 Å². The molecule has 8 heteroatoms. The predicted molar refractivity (Wildman–Crippen MR) is 118 cm³/mol. The van der Waals surface area contributed by atoms with E-state index in [1.807, 2.05) is 34.9 Å². The fourth-order valence-corrected chi connectivity index (χ4v) is 3.89. The first-order valence-electron chi connectivity index (χ1n) is 9.68. The summed E-state index contributed by atoms with van der Waals surface area (Å²) in [6, 6.07) is 7.90. The fourth-order valence-electron chi connectivity index (χ4n) is 3.13. The first kappa shape index (κ1) is 19.4. The first-order valence-corrected chi connectivity index (χ1v) is 12.0. The van der Waals surface area contributed by atoms with Crippen LogP contribution in [0.15, 0.2) is 42.9 Å². The zero-order valence-corrected chi connectivity index (χ0v) is 17.2. The Hall–Kier alpha value is -2.87. The van der Waals surface area contributed by atoms with Crippen molar-refractivity contribution in [1.29, 1.82) is 0 Å². The molecule has 0 bridgehead atoms. The number of carbonyl (C=O) groups excluding carboxylic acids is 1. The molecule has 152 valence electrons. The van der Waals surface area contributed by atoms with Crippen LogP contribution in [0, 0.1) is 0 Å². The highest BCUT2D eigenvalue weighted by Gasteiger charge is 2.23. The van der Waals surface area contributed by atoms with E-state index in [9.17, 15) is 9.00 Å². The maximum atomic E-state index is 12.2. The third-order valence-corrected chi connectivity index (χ3v) is 5.98. The van der Waals surface area contributed by atoms with Crippen LogP contribution < -0.4 is 10.6 Å². The average molecular weight is 412 g/mol. The van der Waals surface area contributed by atoms with Crippen LogP contribution in [0.4, 0.5) is 5.82 Å². The molecule has 1 fully saturated rings. The molecule has 1 atom stereocenters. The Morgan fingerprint density at radius 2 is 2.03 bits per heavy atom. The van der Waals surface area contributed by atoms with Gasteiger partial charge in [0.1, 0.15) is 0 Å². The first-order chi connectivity index (χ1) is 13.9. The topological polar surface area (TPSA) is 88.4 Å². The summed E-state index contributed by atoms with van der Waals surface area (Å²) in [7, 11) is -1.98. The van der Waals surface area contributed by atoms with E-state index in [1.54, 1.807) is 18.6 Å². The molecule has 1 aromatic carbocycles. The fraction of sp³-hybridized carbons (Fsp3) is 0.333. The number of nitrogens with zero attached hydrogens (tertiary/aromatic N) is 3. The number of anilines is 1. The standard InChI is InChI=1S/C21H25N5O2S/c1-29(2,28)13-3-10-22-19-20-24-14-18(26(20)12-11-23-19)15-4-6-16(7-5-15)21(27)25-17-8-9-17/h4-7,11-12,14,17H,1,3,8-10,13H2,2H3,(H,22,23)(H,25,27). The molecule has 1 aliphatic rings. The minimum Gasteiger partial charge on any atom is -0.367 e. The van der Waals surface area contributed by atoms with Gasteiger partial charge in [0.25, 0.3) is 5.91 Å². The van der Waals surface area contributed by atoms with Crippen LogP contribution >= 0.6 is 0 Å². The summed E-state index contributed by atoms with van der Waals surface area (Å²) in [6.07, 6.45) is 9.96. The second kappa shape index (κ2) is 7.87. The molecule has 4 rings (SSSR count). The van der Waals surface area contributed by atoms with Crippen molar-refractivity contribution < 1.29 is 9.00 Å². The molecule has 0 spiro atoms. The summed E-state index contributed by atoms with van der Waals surface area (Å²) < 4.78 is 13.7. The van der Waals surface area contributed by atoms with Crippen LogP contribution in [0.2, 0.25) is 0 Å². The van der Waals surface area contributed by atoms with Crippen molar-refractivity contribution in [3.8, 4) is 11.3 Å². The Morgan fingerprint density at radius 1 is 1.28 bits per heavy atom. The largest absolute Gasteiger partial charge is 0.367 e. The minimum absolute atomic E-state index is 0.0221. The summed E-state index contributed by atoms with van der Waals surface area (Å²) in [6.45, 7) is 0.653. The number of fused-ring (bicyclic) bond motifs is 1. The van der Waals surface area contributed by atoms with Gasteiger partial charge in [-0.15, -0.1) is 0 Å². The molecular formula is C21H25N5O2S. The SMILES string of the molecule is C=S(C)(=O)CCCNc1nccn2c(-c3ccc(C(=O)NC4CC4)cc3)cnc12. The Balaban J connectivity index is 1.50. The molecule has 1 amide bonds. The number of hydrogen-bond acceptors (Lipinski definition) is 5. The van der Waals surface area contributed by atoms with Crippen LogP contribution in [-0.4, -0.2) is 55.0 Å². The second-order valence-electron chi connectivity index (χ2n) is 7.61. The normalized spacial score (nSPS) is 15.8. The molecule has 2 heterocycles. The molecule has 7 nitrogen and oxygen atoms in total. The summed E-state index contributed by atoms with van der Waals surface area (Å²) in [5.74, 6) is 4.92. The van der Waals surface area contributed by atoms with Crippen molar-refractivity contribution in [3.05, 3.63) is 48.4 Å². The highest BCUT2D eigenvalue weighted by molar-refractivity contribution is 7.99. The molecule has 2 aromatic heterocycles. The van der Waals surface area contributed by atoms with Gasteiger partial charge in [-0.1, -0.05) is 12.1 Å². The van der Waals surface area contributed by atoms with Gasteiger partial charge in [0.2, 0.25) is 0 Å². The average Bonchev–Trinajstić information content (AvgIpc) is 3.39. The summed E-state index contributed by atoms with van der Waals surface area (Å²) in [5, 5.41) is 6.27. The third-order valence-electron chi connectivity index (χ3n) is 4.83. The van der Waals surface area contributed by atoms with E-state index < -0.39 is 9.52 Å². The van der Waals surface area contributed by atoms with Crippen molar-refractivity contribution >= 4 is 32.8 Å². The van der Waals surface area contributed by atoms with E-state index in [4.69, 9.17) is 0 Å². The zero-order valence-electron chi connectivity index (χ0n) is 16.4. The lowest BCUT2D eigenvalue weighted by Crippen LogP contribution is -2.25. The van der Waals surface area contributed by atoms with E-state index in [0.717, 1.165) is 36.2 Å². The number of benzene rings is 1. The van der Waals surface area contributed by atoms with Gasteiger partial charge in [-0.25, -0.2) is 9.97 Å². The van der Waals surface area contributed by atoms with E-state index >= 15 is 0 Å². The minimum atomic E-state index is -1.98. The molecule has 0 aliphatic heterocycles. The van der Waals surface area contributed by atoms with Gasteiger partial charge in [0.15, 0.2) is 11.5 Å². The van der Waals surface area contributed by atoms with Crippen LogP contribution in [0.25, 0.3) is 16.9 Å². The van der Waals surface area contributed by atoms with Crippen LogP contribution in [0.3, 0.4) is 0 Å². The molecule has 1 unspecified atom stereocenters. The van der Waals surface area contributed by atoms with Crippen molar-refractivity contribution in [3.63, 3.8) is 0 Å². The number of aromatic nitrogens is 3. The molecular weight excluding hydrogens is 386 g/mol. The summed E-state index contributed by atoms with van der Waals surface area (Å²) in [4.78, 5) is 21.1. The Morgan fingerprint density at radius 3 is 2.72 bits per heavy atom. The van der Waals surface area contributed by atoms with Gasteiger partial charge < -0.3 is 10.6 Å². The molecule has 3 aromatic rings. The molecule has 0 radical (unpaired) electrons. The number of hydrogen-bond donors (Lipinski definition) is 2. The van der Waals surface area contributed by atoms with E-state index in [-0.39, 0.29) is 5.91 Å². The van der Waals surface area contributed by atoms with Crippen LogP contribution in [-0.2, 0) is 9.52 Å². The van der Waals surface area contributed by atoms with Gasteiger partial charge in [-0.3, -0.25) is 13.4 Å². The Kier molecular flexibility index (Phi) is 5.27. The molecule has 1 aliphatic carbocycles. The Bertz CT molecular complexity index is 1130. The quantitative estimate of drug-likeness (QED) is 0.439. The van der Waals surface area contributed by atoms with Crippen molar-refractivity contribution in [2.75, 3.05) is 23.9 Å². The Labute approximate surface area is 170 Å². The van der Waals surface area contributed by atoms with Crippen LogP contribution in [0.5, 0.6) is 0 Å². The van der Waals surface area contributed by atoms with Gasteiger partial charge >= 0.3 is 0 Å². The highest BCUT2D eigenvalue weighted by atomic mass is 32.2. The summed E-state index contributed by atoms with van der Waals surface area (Å²) >= 11 is 0.